The zero-order chi connectivity index (χ0) is 18.1. The van der Waals surface area contributed by atoms with Crippen LogP contribution in [-0.2, 0) is 10.8 Å². The molecule has 0 saturated carbocycles. The van der Waals surface area contributed by atoms with Gasteiger partial charge in [-0.1, -0.05) is 53.8 Å². The molecule has 0 amide bonds. The summed E-state index contributed by atoms with van der Waals surface area (Å²) in [5.41, 5.74) is 2.79. The van der Waals surface area contributed by atoms with Gasteiger partial charge < -0.3 is 10.4 Å². The molecule has 2 rings (SSSR count). The van der Waals surface area contributed by atoms with E-state index in [9.17, 15) is 5.11 Å². The minimum atomic E-state index is -0.118. The van der Waals surface area contributed by atoms with Crippen molar-refractivity contribution in [1.29, 1.82) is 0 Å². The molecule has 4 heteroatoms. The third-order valence-corrected chi connectivity index (χ3v) is 6.20. The average molecular weight is 366 g/mol. The van der Waals surface area contributed by atoms with Crippen LogP contribution in [0, 0.1) is 0 Å². The van der Waals surface area contributed by atoms with Gasteiger partial charge in [0.15, 0.2) is 0 Å². The van der Waals surface area contributed by atoms with E-state index in [1.54, 1.807) is 11.8 Å². The topological polar surface area (TPSA) is 32.3 Å². The van der Waals surface area contributed by atoms with Gasteiger partial charge in [0.1, 0.15) is 5.75 Å². The number of rotatable bonds is 3. The van der Waals surface area contributed by atoms with Crippen molar-refractivity contribution in [3.05, 3.63) is 28.8 Å². The summed E-state index contributed by atoms with van der Waals surface area (Å²) in [6.45, 7) is 13.9. The van der Waals surface area contributed by atoms with Crippen LogP contribution in [0.25, 0.3) is 0 Å². The van der Waals surface area contributed by atoms with Gasteiger partial charge in [-0.25, -0.2) is 0 Å². The second kappa shape index (κ2) is 7.35. The molecule has 1 aliphatic heterocycles. The molecule has 0 aliphatic carbocycles. The summed E-state index contributed by atoms with van der Waals surface area (Å²) in [4.78, 5) is 0. The Morgan fingerprint density at radius 2 is 1.71 bits per heavy atom. The first-order valence-electron chi connectivity index (χ1n) is 8.78. The zero-order valence-corrected chi connectivity index (χ0v) is 17.5. The molecule has 2 N–H and O–H groups in total. The number of hydrogen-bond donors (Lipinski definition) is 2. The zero-order valence-electron chi connectivity index (χ0n) is 15.8. The van der Waals surface area contributed by atoms with Crippen molar-refractivity contribution >= 4 is 28.2 Å². The quantitative estimate of drug-likeness (QED) is 0.726. The van der Waals surface area contributed by atoms with Crippen molar-refractivity contribution in [2.24, 2.45) is 0 Å². The van der Waals surface area contributed by atoms with Gasteiger partial charge in [-0.2, -0.15) is 0 Å². The van der Waals surface area contributed by atoms with Gasteiger partial charge in [0, 0.05) is 22.9 Å². The smallest absolute Gasteiger partial charge is 0.123 e. The van der Waals surface area contributed by atoms with Crippen molar-refractivity contribution in [1.82, 2.24) is 5.32 Å². The summed E-state index contributed by atoms with van der Waals surface area (Å²) in [7, 11) is 0. The maximum atomic E-state index is 10.8. The van der Waals surface area contributed by atoms with Crippen LogP contribution in [0.4, 0.5) is 0 Å². The molecule has 0 radical (unpaired) electrons. The van der Waals surface area contributed by atoms with Crippen LogP contribution in [0.3, 0.4) is 0 Å². The van der Waals surface area contributed by atoms with Gasteiger partial charge in [-0.05, 0) is 47.9 Å². The molecule has 1 unspecified atom stereocenters. The molecule has 1 aromatic carbocycles. The largest absolute Gasteiger partial charge is 0.507 e. The second-order valence-electron chi connectivity index (χ2n) is 8.81. The van der Waals surface area contributed by atoms with Crippen LogP contribution in [0.1, 0.15) is 71.1 Å². The molecule has 1 aliphatic rings. The molecule has 24 heavy (non-hydrogen) atoms. The summed E-state index contributed by atoms with van der Waals surface area (Å²) >= 11 is 7.48. The highest BCUT2D eigenvalue weighted by Gasteiger charge is 2.27. The fraction of sp³-hybridized carbons (Fsp3) is 0.650. The Kier molecular flexibility index (Phi) is 6.04. The second-order valence-corrected chi connectivity index (χ2v) is 10.5. The van der Waals surface area contributed by atoms with Crippen LogP contribution in [0.2, 0.25) is 0 Å². The fourth-order valence-electron chi connectivity index (χ4n) is 3.05. The first-order valence-corrected chi connectivity index (χ1v) is 10.2. The summed E-state index contributed by atoms with van der Waals surface area (Å²) in [5.74, 6) is 1.44. The van der Waals surface area contributed by atoms with Crippen LogP contribution in [0.15, 0.2) is 12.1 Å². The molecular formula is C20H31NOS2. The number of phenols is 1. The van der Waals surface area contributed by atoms with Crippen LogP contribution < -0.4 is 5.32 Å². The van der Waals surface area contributed by atoms with E-state index in [2.05, 4.69) is 59.0 Å². The monoisotopic (exact) mass is 365 g/mol. The lowest BCUT2D eigenvalue weighted by Crippen LogP contribution is -2.24. The molecule has 0 spiro atoms. The van der Waals surface area contributed by atoms with E-state index in [0.29, 0.717) is 11.8 Å². The summed E-state index contributed by atoms with van der Waals surface area (Å²) in [5, 5.41) is 14.3. The van der Waals surface area contributed by atoms with Crippen molar-refractivity contribution in [2.45, 2.75) is 71.3 Å². The predicted molar refractivity (Wildman–Crippen MR) is 111 cm³/mol. The van der Waals surface area contributed by atoms with E-state index in [0.717, 1.165) is 33.2 Å². The molecule has 1 heterocycles. The van der Waals surface area contributed by atoms with Crippen LogP contribution in [-0.4, -0.2) is 27.6 Å². The van der Waals surface area contributed by atoms with Gasteiger partial charge in [0.2, 0.25) is 0 Å². The third-order valence-electron chi connectivity index (χ3n) is 4.54. The molecule has 134 valence electrons. The Morgan fingerprint density at radius 1 is 1.17 bits per heavy atom. The SMILES string of the molecule is CC(C)(C)c1cc(C(=S)SCC2CCCN2)cc(C(C)(C)C)c1O. The van der Waals surface area contributed by atoms with Crippen molar-refractivity contribution in [3.63, 3.8) is 0 Å². The van der Waals surface area contributed by atoms with Gasteiger partial charge >= 0.3 is 0 Å². The van der Waals surface area contributed by atoms with Crippen LogP contribution in [0.5, 0.6) is 5.75 Å². The summed E-state index contributed by atoms with van der Waals surface area (Å²) in [6, 6.07) is 4.75. The lowest BCUT2D eigenvalue weighted by molar-refractivity contribution is 0.423. The molecule has 0 aromatic heterocycles. The normalized spacial score (nSPS) is 18.8. The maximum absolute atomic E-state index is 10.8. The molecule has 1 atom stereocenters. The number of phenolic OH excluding ortho intramolecular Hbond substituents is 1. The molecule has 1 fully saturated rings. The minimum absolute atomic E-state index is 0.118. The highest BCUT2D eigenvalue weighted by Crippen LogP contribution is 2.40. The molecule has 1 saturated heterocycles. The van der Waals surface area contributed by atoms with Crippen molar-refractivity contribution in [3.8, 4) is 5.75 Å². The molecule has 2 nitrogen and oxygen atoms in total. The Morgan fingerprint density at radius 3 is 2.12 bits per heavy atom. The molecule has 0 bridgehead atoms. The number of aromatic hydroxyl groups is 1. The first kappa shape index (κ1) is 19.7. The van der Waals surface area contributed by atoms with Crippen molar-refractivity contribution < 1.29 is 5.11 Å². The van der Waals surface area contributed by atoms with E-state index < -0.39 is 0 Å². The Hall–Kier alpha value is -0.580. The average Bonchev–Trinajstić information content (AvgIpc) is 2.95. The summed E-state index contributed by atoms with van der Waals surface area (Å²) in [6.07, 6.45) is 2.51. The minimum Gasteiger partial charge on any atom is -0.507 e. The van der Waals surface area contributed by atoms with Gasteiger partial charge in [-0.3, -0.25) is 0 Å². The molecule has 1 aromatic rings. The number of nitrogens with one attached hydrogen (secondary N) is 1. The molecular weight excluding hydrogens is 334 g/mol. The Balaban J connectivity index is 2.33. The number of thiocarbonyl (C=S) groups is 1. The Bertz CT molecular complexity index is 570. The lowest BCUT2D eigenvalue weighted by atomic mass is 9.78. The van der Waals surface area contributed by atoms with Gasteiger partial charge in [0.25, 0.3) is 0 Å². The van der Waals surface area contributed by atoms with E-state index in [1.807, 2.05) is 0 Å². The predicted octanol–water partition coefficient (Wildman–Crippen LogP) is 5.15. The van der Waals surface area contributed by atoms with E-state index in [-0.39, 0.29) is 10.8 Å². The van der Waals surface area contributed by atoms with Gasteiger partial charge in [0.05, 0.1) is 4.20 Å². The van der Waals surface area contributed by atoms with E-state index in [1.165, 1.54) is 12.8 Å². The van der Waals surface area contributed by atoms with Crippen LogP contribution >= 0.6 is 24.0 Å². The van der Waals surface area contributed by atoms with Crippen molar-refractivity contribution in [2.75, 3.05) is 12.3 Å². The van der Waals surface area contributed by atoms with Gasteiger partial charge in [-0.15, -0.1) is 11.8 Å². The highest BCUT2D eigenvalue weighted by molar-refractivity contribution is 8.23. The maximum Gasteiger partial charge on any atom is 0.123 e. The third kappa shape index (κ3) is 4.74. The van der Waals surface area contributed by atoms with E-state index >= 15 is 0 Å². The number of benzene rings is 1. The lowest BCUT2D eigenvalue weighted by Gasteiger charge is -2.28. The fourth-order valence-corrected chi connectivity index (χ4v) is 4.30. The number of hydrogen-bond acceptors (Lipinski definition) is 4. The highest BCUT2D eigenvalue weighted by atomic mass is 32.2. The number of thioether (sulfide) groups is 1. The standard InChI is InChI=1S/C20H31NOS2/c1-19(2,3)15-10-13(11-16(17(15)22)20(4,5)6)18(23)24-12-14-8-7-9-21-14/h10-11,14,21-22H,7-9,12H2,1-6H3. The summed E-state index contributed by atoms with van der Waals surface area (Å²) < 4.78 is 0.930. The van der Waals surface area contributed by atoms with E-state index in [4.69, 9.17) is 12.2 Å². The Labute approximate surface area is 156 Å². The first-order chi connectivity index (χ1) is 11.0.